The molecule has 0 saturated carbocycles. The van der Waals surface area contributed by atoms with E-state index < -0.39 is 11.6 Å². The number of benzene rings is 2. The van der Waals surface area contributed by atoms with Crippen molar-refractivity contribution in [3.8, 4) is 17.2 Å². The lowest BCUT2D eigenvalue weighted by molar-refractivity contribution is -0.152. The largest absolute Gasteiger partial charge is 0.478 e. The number of nitrogens with zero attached hydrogens (tertiary/aromatic N) is 3. The van der Waals surface area contributed by atoms with Gasteiger partial charge in [0.25, 0.3) is 0 Å². The highest BCUT2D eigenvalue weighted by Gasteiger charge is 2.30. The van der Waals surface area contributed by atoms with Gasteiger partial charge in [-0.25, -0.2) is 9.78 Å². The molecule has 0 atom stereocenters. The summed E-state index contributed by atoms with van der Waals surface area (Å²) < 4.78 is 11.8. The highest BCUT2D eigenvalue weighted by Crippen LogP contribution is 2.30. The Morgan fingerprint density at radius 2 is 1.64 bits per heavy atom. The molecule has 0 unspecified atom stereocenters. The summed E-state index contributed by atoms with van der Waals surface area (Å²) in [6.07, 6.45) is 0. The lowest BCUT2D eigenvalue weighted by atomic mass is 10.0. The molecular weight excluding hydrogens is 458 g/mol. The summed E-state index contributed by atoms with van der Waals surface area (Å²) in [7, 11) is 3.47. The van der Waals surface area contributed by atoms with Gasteiger partial charge in [-0.05, 0) is 63.4 Å². The second-order valence-corrected chi connectivity index (χ2v) is 9.80. The third-order valence-corrected chi connectivity index (χ3v) is 5.94. The first-order valence-corrected chi connectivity index (χ1v) is 11.8. The average Bonchev–Trinajstić information content (AvgIpc) is 3.16. The normalized spacial score (nSPS) is 11.6. The number of rotatable bonds is 10. The van der Waals surface area contributed by atoms with E-state index in [1.165, 1.54) is 13.8 Å². The molecule has 1 aromatic heterocycles. The topological polar surface area (TPSA) is 96.1 Å². The van der Waals surface area contributed by atoms with Crippen molar-refractivity contribution in [3.05, 3.63) is 70.6 Å². The van der Waals surface area contributed by atoms with Gasteiger partial charge in [0.1, 0.15) is 11.5 Å². The molecule has 1 N–H and O–H groups in total. The van der Waals surface area contributed by atoms with Crippen molar-refractivity contribution in [3.63, 3.8) is 0 Å². The fraction of sp³-hybridized carbons (Fsp3) is 0.393. The predicted octanol–water partition coefficient (Wildman–Crippen LogP) is 4.60. The number of carboxylic acids is 1. The molecular formula is C28H35N3O5. The monoisotopic (exact) mass is 493 g/mol. The molecule has 3 rings (SSSR count). The number of carboxylic acid groups (broad SMARTS) is 1. The van der Waals surface area contributed by atoms with Gasteiger partial charge in [-0.2, -0.15) is 0 Å². The molecule has 192 valence electrons. The summed E-state index contributed by atoms with van der Waals surface area (Å²) in [5.41, 5.74) is 2.99. The third kappa shape index (κ3) is 6.51. The van der Waals surface area contributed by atoms with Gasteiger partial charge in [0.05, 0.1) is 12.2 Å². The molecule has 0 aliphatic carbocycles. The summed E-state index contributed by atoms with van der Waals surface area (Å²) in [6, 6.07) is 13.7. The van der Waals surface area contributed by atoms with Gasteiger partial charge in [-0.3, -0.25) is 9.69 Å². The number of amides is 1. The van der Waals surface area contributed by atoms with E-state index in [-0.39, 0.29) is 12.5 Å². The van der Waals surface area contributed by atoms with E-state index in [4.69, 9.17) is 14.1 Å². The number of oxazole rings is 1. The zero-order valence-corrected chi connectivity index (χ0v) is 22.1. The summed E-state index contributed by atoms with van der Waals surface area (Å²) in [5.74, 6) is 0.772. The van der Waals surface area contributed by atoms with Crippen LogP contribution in [0.2, 0.25) is 0 Å². The Balaban J connectivity index is 1.87. The molecule has 8 heteroatoms. The van der Waals surface area contributed by atoms with Crippen LogP contribution in [0, 0.1) is 20.8 Å². The Morgan fingerprint density at radius 1 is 1.03 bits per heavy atom. The standard InChI is InChI=1S/C28H35N3O5/c1-18-13-21(14-19(2)25(18)36-28(4,5)27(33)34)15-31(17-24(32)30(6)7)16-23-20(3)35-26(29-23)22-11-9-8-10-12-22/h8-14H,15-17H2,1-7H3,(H,33,34). The van der Waals surface area contributed by atoms with Crippen LogP contribution in [-0.4, -0.2) is 58.0 Å². The molecule has 1 amide bonds. The zero-order chi connectivity index (χ0) is 26.6. The molecule has 3 aromatic rings. The van der Waals surface area contributed by atoms with Gasteiger partial charge in [0, 0.05) is 32.7 Å². The van der Waals surface area contributed by atoms with Gasteiger partial charge in [-0.15, -0.1) is 0 Å². The number of carbonyl (C=O) groups excluding carboxylic acids is 1. The van der Waals surface area contributed by atoms with Crippen molar-refractivity contribution < 1.29 is 23.8 Å². The van der Waals surface area contributed by atoms with Crippen LogP contribution >= 0.6 is 0 Å². The van der Waals surface area contributed by atoms with Crippen LogP contribution in [0.25, 0.3) is 11.5 Å². The first kappa shape index (κ1) is 26.9. The smallest absolute Gasteiger partial charge is 0.347 e. The van der Waals surface area contributed by atoms with E-state index in [1.54, 1.807) is 19.0 Å². The SMILES string of the molecule is Cc1cc(CN(CC(=O)N(C)C)Cc2nc(-c3ccccc3)oc2C)cc(C)c1OC(C)(C)C(=O)O. The fourth-order valence-electron chi connectivity index (χ4n) is 3.84. The molecule has 0 radical (unpaired) electrons. The van der Waals surface area contributed by atoms with Gasteiger partial charge in [0.15, 0.2) is 5.60 Å². The first-order chi connectivity index (χ1) is 16.9. The fourth-order valence-corrected chi connectivity index (χ4v) is 3.84. The minimum atomic E-state index is -1.35. The molecule has 0 bridgehead atoms. The minimum Gasteiger partial charge on any atom is -0.478 e. The summed E-state index contributed by atoms with van der Waals surface area (Å²) in [6.45, 7) is 9.87. The van der Waals surface area contributed by atoms with E-state index in [1.807, 2.05) is 68.1 Å². The molecule has 2 aromatic carbocycles. The van der Waals surface area contributed by atoms with Crippen molar-refractivity contribution in [1.82, 2.24) is 14.8 Å². The number of ether oxygens (including phenoxy) is 1. The van der Waals surface area contributed by atoms with E-state index in [0.717, 1.165) is 27.9 Å². The van der Waals surface area contributed by atoms with Crippen molar-refractivity contribution >= 4 is 11.9 Å². The molecule has 8 nitrogen and oxygen atoms in total. The van der Waals surface area contributed by atoms with E-state index >= 15 is 0 Å². The Labute approximate surface area is 212 Å². The second-order valence-electron chi connectivity index (χ2n) is 9.80. The quantitative estimate of drug-likeness (QED) is 0.441. The van der Waals surface area contributed by atoms with Crippen LogP contribution in [0.15, 0.2) is 46.9 Å². The van der Waals surface area contributed by atoms with Crippen LogP contribution in [0.5, 0.6) is 5.75 Å². The van der Waals surface area contributed by atoms with E-state index in [9.17, 15) is 14.7 Å². The molecule has 0 aliphatic heterocycles. The second kappa shape index (κ2) is 11.0. The number of carbonyl (C=O) groups is 2. The van der Waals surface area contributed by atoms with Crippen molar-refractivity contribution in [2.24, 2.45) is 0 Å². The maximum Gasteiger partial charge on any atom is 0.347 e. The Hall–Kier alpha value is -3.65. The summed E-state index contributed by atoms with van der Waals surface area (Å²) in [5, 5.41) is 9.44. The lowest BCUT2D eigenvalue weighted by Crippen LogP contribution is -2.38. The molecule has 0 fully saturated rings. The zero-order valence-electron chi connectivity index (χ0n) is 22.1. The molecule has 1 heterocycles. The summed E-state index contributed by atoms with van der Waals surface area (Å²) >= 11 is 0. The molecule has 0 aliphatic rings. The molecule has 0 saturated heterocycles. The lowest BCUT2D eigenvalue weighted by Gasteiger charge is -2.26. The van der Waals surface area contributed by atoms with Gasteiger partial charge in [-0.1, -0.05) is 30.3 Å². The number of hydrogen-bond donors (Lipinski definition) is 1. The van der Waals surface area contributed by atoms with Crippen LogP contribution in [0.1, 0.15) is 42.0 Å². The Morgan fingerprint density at radius 3 is 2.19 bits per heavy atom. The van der Waals surface area contributed by atoms with Crippen molar-refractivity contribution in [2.45, 2.75) is 53.3 Å². The number of aryl methyl sites for hydroxylation is 3. The Kier molecular flexibility index (Phi) is 8.20. The van der Waals surface area contributed by atoms with E-state index in [2.05, 4.69) is 0 Å². The average molecular weight is 494 g/mol. The number of likely N-dealkylation sites (N-methyl/N-ethyl adjacent to an activating group) is 1. The third-order valence-electron chi connectivity index (χ3n) is 5.94. The number of aliphatic carboxylic acids is 1. The van der Waals surface area contributed by atoms with Crippen molar-refractivity contribution in [2.75, 3.05) is 20.6 Å². The maximum absolute atomic E-state index is 12.6. The molecule has 0 spiro atoms. The van der Waals surface area contributed by atoms with E-state index in [0.29, 0.717) is 30.5 Å². The summed E-state index contributed by atoms with van der Waals surface area (Å²) in [4.78, 5) is 32.5. The molecule has 36 heavy (non-hydrogen) atoms. The van der Waals surface area contributed by atoms with Gasteiger partial charge < -0.3 is 19.2 Å². The number of hydrogen-bond acceptors (Lipinski definition) is 6. The first-order valence-electron chi connectivity index (χ1n) is 11.8. The highest BCUT2D eigenvalue weighted by atomic mass is 16.5. The van der Waals surface area contributed by atoms with Crippen LogP contribution in [0.3, 0.4) is 0 Å². The maximum atomic E-state index is 12.6. The van der Waals surface area contributed by atoms with Crippen LogP contribution in [0.4, 0.5) is 0 Å². The van der Waals surface area contributed by atoms with Crippen LogP contribution in [-0.2, 0) is 22.7 Å². The van der Waals surface area contributed by atoms with Crippen LogP contribution < -0.4 is 4.74 Å². The number of aromatic nitrogens is 1. The van der Waals surface area contributed by atoms with Gasteiger partial charge in [0.2, 0.25) is 11.8 Å². The highest BCUT2D eigenvalue weighted by molar-refractivity contribution is 5.78. The Bertz CT molecular complexity index is 1210. The van der Waals surface area contributed by atoms with Crippen molar-refractivity contribution in [1.29, 1.82) is 0 Å². The minimum absolute atomic E-state index is 0.0176. The predicted molar refractivity (Wildman–Crippen MR) is 138 cm³/mol. The van der Waals surface area contributed by atoms with Gasteiger partial charge >= 0.3 is 5.97 Å².